The number of carbonyl (C=O) groups is 4. The summed E-state index contributed by atoms with van der Waals surface area (Å²) in [5.41, 5.74) is 16.0. The molecule has 5 rings (SSSR count). The molecule has 0 saturated heterocycles. The van der Waals surface area contributed by atoms with Crippen molar-refractivity contribution in [1.29, 1.82) is 0 Å². The summed E-state index contributed by atoms with van der Waals surface area (Å²) in [4.78, 5) is 58.4. The van der Waals surface area contributed by atoms with Crippen LogP contribution in [-0.4, -0.2) is 137 Å². The third-order valence-corrected chi connectivity index (χ3v) is 10.6. The van der Waals surface area contributed by atoms with E-state index in [0.29, 0.717) is 140 Å². The number of azo groups is 1. The molecule has 21 nitrogen and oxygen atoms in total. The zero-order valence-electron chi connectivity index (χ0n) is 41.4. The van der Waals surface area contributed by atoms with Crippen molar-refractivity contribution in [3.05, 3.63) is 119 Å². The van der Waals surface area contributed by atoms with E-state index in [4.69, 9.17) is 39.9 Å². The lowest BCUT2D eigenvalue weighted by molar-refractivity contribution is -0.116. The number of imidazole rings is 1. The van der Waals surface area contributed by atoms with E-state index in [1.165, 1.54) is 19.3 Å². The van der Waals surface area contributed by atoms with Crippen molar-refractivity contribution in [3.63, 3.8) is 0 Å². The van der Waals surface area contributed by atoms with Gasteiger partial charge in [-0.15, -0.1) is 5.11 Å². The Balaban J connectivity index is 0.813. The summed E-state index contributed by atoms with van der Waals surface area (Å²) in [7, 11) is 1.45. The van der Waals surface area contributed by atoms with Gasteiger partial charge in [-0.2, -0.15) is 5.11 Å². The molecule has 0 fully saturated rings. The molecule has 0 radical (unpaired) electrons. The van der Waals surface area contributed by atoms with Crippen molar-refractivity contribution >= 4 is 64.1 Å². The van der Waals surface area contributed by atoms with Gasteiger partial charge in [-0.1, -0.05) is 25.1 Å². The van der Waals surface area contributed by atoms with Crippen LogP contribution in [0.3, 0.4) is 0 Å². The molecule has 1 aromatic heterocycles. The lowest BCUT2D eigenvalue weighted by Gasteiger charge is -2.09. The number of amides is 4. The predicted molar refractivity (Wildman–Crippen MR) is 277 cm³/mol. The number of nitrogens with one attached hydrogen (secondary N) is 3. The highest BCUT2D eigenvalue weighted by molar-refractivity contribution is 6.06. The standard InChI is InChI=1S/C52H66N10O11/c1-3-23-62-45-35-37(9-16-43(45)58-52(62)59-50(67)41-8-4-7-40(36-41)48(53)65)11-18-47(64)55-20-5-24-69-26-28-71-30-32-73-33-31-72-29-27-70-25-6-21-56-49(66)39-12-14-42(15-13-39)60-61-44-34-38(10-17-46(44)63)19-22-57-51(54)68-2/h4,7-18,34-36,63H,3,5-6,19-33H2,1-2H3,(H2,53,65)(H2,54,57)(H,55,64)(H,56,66)(H,58,59,67)/b18-11+,61-60?. The topological polar surface area (TPSA) is 287 Å². The Morgan fingerprint density at radius 1 is 0.712 bits per heavy atom. The zero-order chi connectivity index (χ0) is 52.0. The molecule has 0 aliphatic carbocycles. The van der Waals surface area contributed by atoms with E-state index in [1.54, 1.807) is 66.7 Å². The summed E-state index contributed by atoms with van der Waals surface area (Å²) in [5, 5.41) is 27.1. The maximum Gasteiger partial charge on any atom is 0.281 e. The quantitative estimate of drug-likeness (QED) is 0.00948. The van der Waals surface area contributed by atoms with Crippen molar-refractivity contribution in [3.8, 4) is 5.75 Å². The second kappa shape index (κ2) is 31.7. The number of aryl methyl sites for hydroxylation is 1. The number of rotatable bonds is 33. The van der Waals surface area contributed by atoms with E-state index < -0.39 is 11.8 Å². The minimum Gasteiger partial charge on any atom is -0.506 e. The van der Waals surface area contributed by atoms with Crippen molar-refractivity contribution in [1.82, 2.24) is 20.2 Å². The first-order valence-corrected chi connectivity index (χ1v) is 24.1. The van der Waals surface area contributed by atoms with Crippen LogP contribution >= 0.6 is 0 Å². The van der Waals surface area contributed by atoms with Crippen LogP contribution in [0.2, 0.25) is 0 Å². The summed E-state index contributed by atoms with van der Waals surface area (Å²) in [5.74, 6) is -1.10. The van der Waals surface area contributed by atoms with Crippen molar-refractivity contribution < 1.29 is 52.7 Å². The molecule has 4 amide bonds. The van der Waals surface area contributed by atoms with Gasteiger partial charge in [0.25, 0.3) is 17.8 Å². The number of fused-ring (bicyclic) bond motifs is 1. The average Bonchev–Trinajstić information content (AvgIpc) is 3.73. The first kappa shape index (κ1) is 56.4. The van der Waals surface area contributed by atoms with Gasteiger partial charge in [0.15, 0.2) is 0 Å². The Kier molecular flexibility index (Phi) is 24.5. The van der Waals surface area contributed by atoms with Crippen LogP contribution in [0, 0.1) is 0 Å². The maximum absolute atomic E-state index is 13.0. The Morgan fingerprint density at radius 3 is 2.00 bits per heavy atom. The van der Waals surface area contributed by atoms with Crippen LogP contribution in [0.1, 0.15) is 68.4 Å². The minimum atomic E-state index is -0.619. The molecule has 5 aromatic rings. The van der Waals surface area contributed by atoms with E-state index in [0.717, 1.165) is 23.1 Å². The molecule has 0 bridgehead atoms. The van der Waals surface area contributed by atoms with Crippen LogP contribution < -0.4 is 27.4 Å². The number of hydrogen-bond donors (Lipinski definition) is 6. The van der Waals surface area contributed by atoms with Gasteiger partial charge in [0.1, 0.15) is 11.4 Å². The first-order chi connectivity index (χ1) is 35.5. The number of primary amides is 1. The number of carbonyl (C=O) groups excluding carboxylic acids is 4. The van der Waals surface area contributed by atoms with E-state index in [9.17, 15) is 24.3 Å². The first-order valence-electron chi connectivity index (χ1n) is 24.1. The molecule has 8 N–H and O–H groups in total. The number of phenols is 1. The monoisotopic (exact) mass is 1010 g/mol. The predicted octanol–water partition coefficient (Wildman–Crippen LogP) is 5.84. The number of aliphatic imine (C=N–C) groups is 1. The molecule has 1 heterocycles. The number of amidine groups is 1. The number of phenolic OH excluding ortho intramolecular Hbond substituents is 1. The molecule has 4 aromatic carbocycles. The number of anilines is 1. The van der Waals surface area contributed by atoms with Crippen LogP contribution in [0.4, 0.5) is 17.3 Å². The fourth-order valence-electron chi connectivity index (χ4n) is 6.81. The van der Waals surface area contributed by atoms with Crippen LogP contribution in [0.25, 0.3) is 17.1 Å². The van der Waals surface area contributed by atoms with Crippen LogP contribution in [-0.2, 0) is 46.2 Å². The van der Waals surface area contributed by atoms with Crippen LogP contribution in [0.15, 0.2) is 106 Å². The second-order valence-electron chi connectivity index (χ2n) is 16.1. The van der Waals surface area contributed by atoms with Crippen molar-refractivity contribution in [2.45, 2.75) is 39.2 Å². The Bertz CT molecular complexity index is 2640. The van der Waals surface area contributed by atoms with Gasteiger partial charge >= 0.3 is 0 Å². The largest absolute Gasteiger partial charge is 0.506 e. The number of nitrogens with zero attached hydrogens (tertiary/aromatic N) is 5. The lowest BCUT2D eigenvalue weighted by Crippen LogP contribution is -2.25. The number of ether oxygens (including phenoxy) is 6. The molecule has 0 unspecified atom stereocenters. The highest BCUT2D eigenvalue weighted by Gasteiger charge is 2.16. The molecule has 0 atom stereocenters. The molecule has 0 spiro atoms. The summed E-state index contributed by atoms with van der Waals surface area (Å²) < 4.78 is 34.6. The van der Waals surface area contributed by atoms with E-state index in [1.807, 2.05) is 29.7 Å². The van der Waals surface area contributed by atoms with Gasteiger partial charge in [0, 0.05) is 62.2 Å². The molecular weight excluding hydrogens is 941 g/mol. The molecule has 0 aliphatic heterocycles. The number of aromatic hydroxyl groups is 1. The smallest absolute Gasteiger partial charge is 0.281 e. The van der Waals surface area contributed by atoms with E-state index >= 15 is 0 Å². The number of nitrogens with two attached hydrogens (primary N) is 2. The normalized spacial score (nSPS) is 11.7. The SMILES string of the molecule is CCCn1c(NC(=O)c2cccc(C(N)=O)c2)nc2ccc(/C=C/C(=O)NCCCOCCOCCOCCOCCOCCCNC(=O)c3ccc(N=Nc4cc(CCN=C(N)OC)ccc4O)cc3)cc21. The third kappa shape index (κ3) is 20.2. The van der Waals surface area contributed by atoms with Crippen molar-refractivity contribution in [2.24, 2.45) is 26.7 Å². The summed E-state index contributed by atoms with van der Waals surface area (Å²) >= 11 is 0. The Labute approximate surface area is 424 Å². The molecule has 21 heteroatoms. The number of aromatic nitrogens is 2. The highest BCUT2D eigenvalue weighted by atomic mass is 16.6. The lowest BCUT2D eigenvalue weighted by atomic mass is 10.1. The van der Waals surface area contributed by atoms with E-state index in [-0.39, 0.29) is 34.7 Å². The second-order valence-corrected chi connectivity index (χ2v) is 16.1. The average molecular weight is 1010 g/mol. The van der Waals surface area contributed by atoms with Gasteiger partial charge in [-0.25, -0.2) is 9.98 Å². The van der Waals surface area contributed by atoms with Crippen molar-refractivity contribution in [2.75, 3.05) is 98.1 Å². The van der Waals surface area contributed by atoms with Gasteiger partial charge in [-0.3, -0.25) is 24.5 Å². The maximum atomic E-state index is 13.0. The minimum absolute atomic E-state index is 0.00564. The highest BCUT2D eigenvalue weighted by Crippen LogP contribution is 2.30. The Hall–Kier alpha value is -7.56. The van der Waals surface area contributed by atoms with Gasteiger partial charge < -0.3 is 60.2 Å². The van der Waals surface area contributed by atoms with Gasteiger partial charge in [-0.05, 0) is 110 Å². The number of benzene rings is 4. The molecular formula is C52H66N10O11. The summed E-state index contributed by atoms with van der Waals surface area (Å²) in [6.07, 6.45) is 5.85. The molecule has 73 heavy (non-hydrogen) atoms. The number of hydrogen-bond acceptors (Lipinski definition) is 15. The van der Waals surface area contributed by atoms with E-state index in [2.05, 4.69) is 36.2 Å². The molecule has 390 valence electrons. The zero-order valence-corrected chi connectivity index (χ0v) is 41.4. The molecule has 0 aliphatic rings. The fraction of sp³-hybridized carbons (Fsp3) is 0.385. The summed E-state index contributed by atoms with van der Waals surface area (Å²) in [6, 6.07) is 23.6. The van der Waals surface area contributed by atoms with Gasteiger partial charge in [0.05, 0.1) is 76.7 Å². The van der Waals surface area contributed by atoms with Gasteiger partial charge in [0.2, 0.25) is 17.8 Å². The van der Waals surface area contributed by atoms with Crippen LogP contribution in [0.5, 0.6) is 5.75 Å². The third-order valence-electron chi connectivity index (χ3n) is 10.6. The molecule has 0 saturated carbocycles. The number of methoxy groups -OCH3 is 1. The summed E-state index contributed by atoms with van der Waals surface area (Å²) in [6.45, 7) is 8.30. The Morgan fingerprint density at radius 2 is 1.36 bits per heavy atom. The fourth-order valence-corrected chi connectivity index (χ4v) is 6.81.